The van der Waals surface area contributed by atoms with Gasteiger partial charge in [-0.25, -0.2) is 9.37 Å². The molecule has 0 spiro atoms. The predicted octanol–water partition coefficient (Wildman–Crippen LogP) is 2.48. The van der Waals surface area contributed by atoms with Crippen molar-refractivity contribution in [2.45, 2.75) is 19.3 Å². The van der Waals surface area contributed by atoms with Crippen molar-refractivity contribution in [3.05, 3.63) is 47.9 Å². The Labute approximate surface area is 141 Å². The molecule has 0 aliphatic carbocycles. The number of aromatic nitrogens is 2. The summed E-state index contributed by atoms with van der Waals surface area (Å²) in [4.78, 5) is 11.0. The number of aliphatic hydroxyl groups excluding tert-OH is 1. The maximum Gasteiger partial charge on any atom is 0.227 e. The summed E-state index contributed by atoms with van der Waals surface area (Å²) in [5.74, 6) is 1.22. The van der Waals surface area contributed by atoms with Gasteiger partial charge in [-0.15, -0.1) is 0 Å². The van der Waals surface area contributed by atoms with Gasteiger partial charge in [0.05, 0.1) is 6.61 Å². The lowest BCUT2D eigenvalue weighted by atomic mass is 9.76. The van der Waals surface area contributed by atoms with Crippen LogP contribution < -0.4 is 10.2 Å². The number of rotatable bonds is 5. The lowest BCUT2D eigenvalue weighted by Gasteiger charge is -2.42. The smallest absolute Gasteiger partial charge is 0.227 e. The molecule has 0 saturated carbocycles. The molecule has 1 atom stereocenters. The van der Waals surface area contributed by atoms with Crippen LogP contribution in [0.1, 0.15) is 18.4 Å². The highest BCUT2D eigenvalue weighted by molar-refractivity contribution is 5.41. The van der Waals surface area contributed by atoms with E-state index in [1.807, 2.05) is 13.1 Å². The maximum absolute atomic E-state index is 13.1. The third-order valence-corrected chi connectivity index (χ3v) is 4.67. The van der Waals surface area contributed by atoms with Crippen LogP contribution in [0.5, 0.6) is 0 Å². The van der Waals surface area contributed by atoms with Crippen LogP contribution in [-0.4, -0.2) is 41.8 Å². The van der Waals surface area contributed by atoms with Gasteiger partial charge in [-0.3, -0.25) is 0 Å². The van der Waals surface area contributed by atoms with Crippen molar-refractivity contribution in [1.29, 1.82) is 0 Å². The van der Waals surface area contributed by atoms with Crippen molar-refractivity contribution >= 4 is 11.8 Å². The quantitative estimate of drug-likeness (QED) is 0.882. The highest BCUT2D eigenvalue weighted by atomic mass is 19.1. The highest BCUT2D eigenvalue weighted by Crippen LogP contribution is 2.34. The molecule has 1 aromatic carbocycles. The van der Waals surface area contributed by atoms with Gasteiger partial charge >= 0.3 is 0 Å². The zero-order chi connectivity index (χ0) is 17.0. The number of hydrogen-bond donors (Lipinski definition) is 2. The van der Waals surface area contributed by atoms with E-state index in [1.54, 1.807) is 18.3 Å². The fourth-order valence-corrected chi connectivity index (χ4v) is 3.38. The second kappa shape index (κ2) is 7.13. The zero-order valence-electron chi connectivity index (χ0n) is 13.9. The van der Waals surface area contributed by atoms with E-state index in [0.29, 0.717) is 18.9 Å². The lowest BCUT2D eigenvalue weighted by molar-refractivity contribution is 0.105. The molecule has 3 rings (SSSR count). The Kier molecular flexibility index (Phi) is 4.94. The van der Waals surface area contributed by atoms with Gasteiger partial charge in [-0.05, 0) is 43.0 Å². The number of hydrogen-bond acceptors (Lipinski definition) is 5. The van der Waals surface area contributed by atoms with Gasteiger partial charge in [-0.1, -0.05) is 12.1 Å². The molecule has 0 amide bonds. The van der Waals surface area contributed by atoms with E-state index in [4.69, 9.17) is 0 Å². The number of anilines is 2. The van der Waals surface area contributed by atoms with Gasteiger partial charge in [0, 0.05) is 31.7 Å². The molecular formula is C18H23FN4O. The highest BCUT2D eigenvalue weighted by Gasteiger charge is 2.36. The minimum atomic E-state index is -0.255. The molecule has 0 unspecified atom stereocenters. The molecule has 1 saturated heterocycles. The number of piperidine rings is 1. The van der Waals surface area contributed by atoms with Crippen LogP contribution in [0.25, 0.3) is 0 Å². The minimum Gasteiger partial charge on any atom is -0.396 e. The molecule has 2 aromatic rings. The van der Waals surface area contributed by atoms with Gasteiger partial charge < -0.3 is 15.3 Å². The van der Waals surface area contributed by atoms with Crippen LogP contribution >= 0.6 is 0 Å². The van der Waals surface area contributed by atoms with Gasteiger partial charge in [0.25, 0.3) is 0 Å². The maximum atomic E-state index is 13.1. The fourth-order valence-electron chi connectivity index (χ4n) is 3.38. The van der Waals surface area contributed by atoms with E-state index in [0.717, 1.165) is 30.8 Å². The molecule has 1 fully saturated rings. The first-order valence-electron chi connectivity index (χ1n) is 8.25. The lowest BCUT2D eigenvalue weighted by Crippen LogP contribution is -2.47. The molecule has 0 bridgehead atoms. The molecule has 6 heteroatoms. The standard InChI is InChI=1S/C18H23FN4O/c1-20-16-7-9-21-17(22-16)23-10-2-8-18(12-23,13-24)11-14-3-5-15(19)6-4-14/h3-7,9,24H,2,8,10-13H2,1H3,(H,20,21,22)/t18-/m1/s1. The topological polar surface area (TPSA) is 61.3 Å². The van der Waals surface area contributed by atoms with Gasteiger partial charge in [0.15, 0.2) is 0 Å². The van der Waals surface area contributed by atoms with Crippen molar-refractivity contribution in [1.82, 2.24) is 9.97 Å². The van der Waals surface area contributed by atoms with Crippen molar-refractivity contribution in [3.8, 4) is 0 Å². The monoisotopic (exact) mass is 330 g/mol. The van der Waals surface area contributed by atoms with Gasteiger partial charge in [0.1, 0.15) is 11.6 Å². The second-order valence-electron chi connectivity index (χ2n) is 6.48. The van der Waals surface area contributed by atoms with Crippen LogP contribution in [0.4, 0.5) is 16.2 Å². The number of halogens is 1. The SMILES string of the molecule is CNc1ccnc(N2CCC[C@@](CO)(Cc3ccc(F)cc3)C2)n1. The minimum absolute atomic E-state index is 0.0899. The molecular weight excluding hydrogens is 307 g/mol. The summed E-state index contributed by atoms with van der Waals surface area (Å²) < 4.78 is 13.1. The Morgan fingerprint density at radius 3 is 2.79 bits per heavy atom. The van der Waals surface area contributed by atoms with E-state index < -0.39 is 0 Å². The first kappa shape index (κ1) is 16.6. The molecule has 1 aliphatic rings. The number of aliphatic hydroxyl groups is 1. The fraction of sp³-hybridized carbons (Fsp3) is 0.444. The van der Waals surface area contributed by atoms with Crippen molar-refractivity contribution < 1.29 is 9.50 Å². The molecule has 1 aromatic heterocycles. The molecule has 128 valence electrons. The summed E-state index contributed by atoms with van der Waals surface area (Å²) in [6.07, 6.45) is 4.35. The molecule has 1 aliphatic heterocycles. The molecule has 2 heterocycles. The largest absolute Gasteiger partial charge is 0.396 e. The number of nitrogens with zero attached hydrogens (tertiary/aromatic N) is 3. The van der Waals surface area contributed by atoms with Crippen molar-refractivity contribution in [2.75, 3.05) is 37.0 Å². The van der Waals surface area contributed by atoms with E-state index in [9.17, 15) is 9.50 Å². The molecule has 2 N–H and O–H groups in total. The van der Waals surface area contributed by atoms with Crippen molar-refractivity contribution in [3.63, 3.8) is 0 Å². The summed E-state index contributed by atoms with van der Waals surface area (Å²) in [7, 11) is 1.83. The Bertz CT molecular complexity index is 679. The number of nitrogens with one attached hydrogen (secondary N) is 1. The Hall–Kier alpha value is -2.21. The summed E-state index contributed by atoms with van der Waals surface area (Å²) in [5, 5.41) is 13.1. The molecule has 5 nitrogen and oxygen atoms in total. The summed E-state index contributed by atoms with van der Waals surface area (Å²) in [5.41, 5.74) is 0.784. The first-order valence-corrected chi connectivity index (χ1v) is 8.25. The normalized spacial score (nSPS) is 20.9. The Morgan fingerprint density at radius 1 is 1.29 bits per heavy atom. The van der Waals surface area contributed by atoms with Crippen LogP contribution in [0, 0.1) is 11.2 Å². The Balaban J connectivity index is 1.79. The average Bonchev–Trinajstić information content (AvgIpc) is 2.64. The van der Waals surface area contributed by atoms with Gasteiger partial charge in [0.2, 0.25) is 5.95 Å². The van der Waals surface area contributed by atoms with E-state index >= 15 is 0 Å². The average molecular weight is 330 g/mol. The third-order valence-electron chi connectivity index (χ3n) is 4.67. The van der Waals surface area contributed by atoms with E-state index in [-0.39, 0.29) is 17.8 Å². The zero-order valence-corrected chi connectivity index (χ0v) is 13.9. The second-order valence-corrected chi connectivity index (χ2v) is 6.48. The summed E-state index contributed by atoms with van der Waals surface area (Å²) >= 11 is 0. The number of benzene rings is 1. The summed E-state index contributed by atoms with van der Waals surface area (Å²) in [6.45, 7) is 1.65. The van der Waals surface area contributed by atoms with E-state index in [1.165, 1.54) is 12.1 Å². The third kappa shape index (κ3) is 3.64. The van der Waals surface area contributed by atoms with E-state index in [2.05, 4.69) is 20.2 Å². The Morgan fingerprint density at radius 2 is 2.08 bits per heavy atom. The van der Waals surface area contributed by atoms with Gasteiger partial charge in [-0.2, -0.15) is 4.98 Å². The van der Waals surface area contributed by atoms with Crippen LogP contribution in [0.2, 0.25) is 0 Å². The molecule has 24 heavy (non-hydrogen) atoms. The first-order chi connectivity index (χ1) is 11.6. The van der Waals surface area contributed by atoms with Crippen LogP contribution in [-0.2, 0) is 6.42 Å². The summed E-state index contributed by atoms with van der Waals surface area (Å²) in [6, 6.07) is 8.36. The molecule has 0 radical (unpaired) electrons. The van der Waals surface area contributed by atoms with Crippen molar-refractivity contribution in [2.24, 2.45) is 5.41 Å². The van der Waals surface area contributed by atoms with Crippen LogP contribution in [0.3, 0.4) is 0 Å². The van der Waals surface area contributed by atoms with Crippen LogP contribution in [0.15, 0.2) is 36.5 Å². The predicted molar refractivity (Wildman–Crippen MR) is 92.6 cm³/mol.